The number of fused-ring (bicyclic) bond motifs is 1. The molecule has 2 N–H and O–H groups in total. The van der Waals surface area contributed by atoms with E-state index in [1.54, 1.807) is 6.07 Å². The number of benzene rings is 1. The second kappa shape index (κ2) is 9.69. The lowest BCUT2D eigenvalue weighted by molar-refractivity contribution is -0.137. The van der Waals surface area contributed by atoms with Crippen molar-refractivity contribution in [2.75, 3.05) is 19.3 Å². The Balaban J connectivity index is 1.61. The molecule has 1 saturated carbocycles. The van der Waals surface area contributed by atoms with Crippen LogP contribution >= 0.6 is 0 Å². The van der Waals surface area contributed by atoms with Crippen molar-refractivity contribution in [1.29, 1.82) is 0 Å². The zero-order valence-electron chi connectivity index (χ0n) is 18.7. The predicted molar refractivity (Wildman–Crippen MR) is 116 cm³/mol. The zero-order valence-corrected chi connectivity index (χ0v) is 19.5. The van der Waals surface area contributed by atoms with Crippen molar-refractivity contribution < 1.29 is 26.4 Å². The van der Waals surface area contributed by atoms with Crippen molar-refractivity contribution in [3.63, 3.8) is 0 Å². The molecule has 1 aromatic carbocycles. The molecule has 3 rings (SSSR count). The van der Waals surface area contributed by atoms with Gasteiger partial charge >= 0.3 is 6.18 Å². The minimum Gasteiger partial charge on any atom is -0.352 e. The molecule has 2 fully saturated rings. The number of nitrogens with one attached hydrogen (secondary N) is 2. The van der Waals surface area contributed by atoms with Crippen molar-refractivity contribution in [2.24, 2.45) is 17.8 Å². The molecule has 180 valence electrons. The predicted octanol–water partition coefficient (Wildman–Crippen LogP) is 3.00. The Morgan fingerprint density at radius 1 is 1.22 bits per heavy atom. The summed E-state index contributed by atoms with van der Waals surface area (Å²) >= 11 is 0. The van der Waals surface area contributed by atoms with Gasteiger partial charge in [0.1, 0.15) is 6.04 Å². The van der Waals surface area contributed by atoms with Crippen LogP contribution in [0.15, 0.2) is 24.3 Å². The molecule has 1 aromatic rings. The molecule has 0 radical (unpaired) electrons. The molecule has 1 heterocycles. The van der Waals surface area contributed by atoms with Gasteiger partial charge in [0.2, 0.25) is 15.9 Å². The number of rotatable bonds is 8. The number of hydrogen-bond donors (Lipinski definition) is 2. The Hall–Kier alpha value is -1.65. The molecule has 6 nitrogen and oxygen atoms in total. The molecule has 1 aliphatic carbocycles. The van der Waals surface area contributed by atoms with Crippen molar-refractivity contribution in [2.45, 2.75) is 57.9 Å². The first-order chi connectivity index (χ1) is 14.8. The standard InChI is InChI=1S/C22H32F3N3O3S/c1-14(2)9-20(27-32(3,30)31)21(29)26-19-8-7-16-12-28(13-18(16)19)11-15-5-4-6-17(10-15)22(23,24)25/h4-6,10,14,16,18-20,27H,7-9,11-13H2,1-3H3,(H,26,29)/t16-,18+,19+,20-/m0/s1. The quantitative estimate of drug-likeness (QED) is 0.606. The number of hydrogen-bond acceptors (Lipinski definition) is 4. The maximum atomic E-state index is 13.0. The first kappa shape index (κ1) is 25.0. The van der Waals surface area contributed by atoms with Crippen LogP contribution < -0.4 is 10.0 Å². The van der Waals surface area contributed by atoms with Crippen LogP contribution in [0.3, 0.4) is 0 Å². The molecule has 1 amide bonds. The molecule has 32 heavy (non-hydrogen) atoms. The first-order valence-electron chi connectivity index (χ1n) is 11.0. The van der Waals surface area contributed by atoms with Gasteiger partial charge in [-0.3, -0.25) is 9.69 Å². The van der Waals surface area contributed by atoms with Crippen molar-refractivity contribution in [1.82, 2.24) is 14.9 Å². The van der Waals surface area contributed by atoms with Crippen molar-refractivity contribution in [3.8, 4) is 0 Å². The molecule has 1 saturated heterocycles. The van der Waals surface area contributed by atoms with Gasteiger partial charge in [0, 0.05) is 25.7 Å². The molecule has 1 aliphatic heterocycles. The zero-order chi connectivity index (χ0) is 23.7. The molecule has 0 unspecified atom stereocenters. The normalized spacial score (nSPS) is 25.2. The van der Waals surface area contributed by atoms with E-state index < -0.39 is 27.8 Å². The van der Waals surface area contributed by atoms with Gasteiger partial charge in [0.25, 0.3) is 0 Å². The Bertz CT molecular complexity index is 920. The van der Waals surface area contributed by atoms with E-state index in [4.69, 9.17) is 0 Å². The highest BCUT2D eigenvalue weighted by Gasteiger charge is 2.43. The van der Waals surface area contributed by atoms with E-state index in [1.165, 1.54) is 12.1 Å². The number of carbonyl (C=O) groups excluding carboxylic acids is 1. The van der Waals surface area contributed by atoms with Gasteiger partial charge in [-0.2, -0.15) is 13.2 Å². The van der Waals surface area contributed by atoms with E-state index in [9.17, 15) is 26.4 Å². The third-order valence-electron chi connectivity index (χ3n) is 6.30. The molecular formula is C22H32F3N3O3S. The topological polar surface area (TPSA) is 78.5 Å². The van der Waals surface area contributed by atoms with Crippen LogP contribution in [0, 0.1) is 17.8 Å². The Morgan fingerprint density at radius 3 is 2.56 bits per heavy atom. The number of carbonyl (C=O) groups is 1. The summed E-state index contributed by atoms with van der Waals surface area (Å²) in [6.07, 6.45) is -1.16. The SMILES string of the molecule is CC(C)C[C@H](NS(C)(=O)=O)C(=O)N[C@@H]1CC[C@H]2CN(Cc3cccc(C(F)(F)F)c3)C[C@H]21. The van der Waals surface area contributed by atoms with E-state index in [1.807, 2.05) is 13.8 Å². The minimum absolute atomic E-state index is 0.0602. The van der Waals surface area contributed by atoms with Crippen molar-refractivity contribution in [3.05, 3.63) is 35.4 Å². The van der Waals surface area contributed by atoms with Gasteiger partial charge in [0.15, 0.2) is 0 Å². The Kier molecular flexibility index (Phi) is 7.56. The van der Waals surface area contributed by atoms with Gasteiger partial charge in [-0.25, -0.2) is 13.1 Å². The number of likely N-dealkylation sites (tertiary alicyclic amines) is 1. The van der Waals surface area contributed by atoms with Gasteiger partial charge in [-0.15, -0.1) is 0 Å². The highest BCUT2D eigenvalue weighted by atomic mass is 32.2. The number of amides is 1. The summed E-state index contributed by atoms with van der Waals surface area (Å²) in [5.74, 6) is 0.414. The van der Waals surface area contributed by atoms with E-state index in [2.05, 4.69) is 14.9 Å². The highest BCUT2D eigenvalue weighted by molar-refractivity contribution is 7.88. The fourth-order valence-electron chi connectivity index (χ4n) is 4.99. The van der Waals surface area contributed by atoms with Crippen LogP contribution in [0.5, 0.6) is 0 Å². The number of sulfonamides is 1. The van der Waals surface area contributed by atoms with Crippen LogP contribution in [-0.4, -0.2) is 50.7 Å². The third-order valence-corrected chi connectivity index (χ3v) is 7.01. The molecule has 0 aromatic heterocycles. The lowest BCUT2D eigenvalue weighted by atomic mass is 9.97. The summed E-state index contributed by atoms with van der Waals surface area (Å²) < 4.78 is 64.8. The summed E-state index contributed by atoms with van der Waals surface area (Å²) in [4.78, 5) is 15.0. The fourth-order valence-corrected chi connectivity index (χ4v) is 5.71. The summed E-state index contributed by atoms with van der Waals surface area (Å²) in [6.45, 7) is 5.77. The first-order valence-corrected chi connectivity index (χ1v) is 12.9. The Morgan fingerprint density at radius 2 is 1.94 bits per heavy atom. The van der Waals surface area contributed by atoms with E-state index in [-0.39, 0.29) is 23.8 Å². The molecular weight excluding hydrogens is 443 g/mol. The lowest BCUT2D eigenvalue weighted by Gasteiger charge is -2.25. The van der Waals surface area contributed by atoms with Crippen molar-refractivity contribution >= 4 is 15.9 Å². The van der Waals surface area contributed by atoms with Crippen LogP contribution in [0.1, 0.15) is 44.2 Å². The second-order valence-electron chi connectivity index (χ2n) is 9.58. The van der Waals surface area contributed by atoms with Crippen LogP contribution in [0.2, 0.25) is 0 Å². The van der Waals surface area contributed by atoms with Crippen LogP contribution in [0.4, 0.5) is 13.2 Å². The van der Waals surface area contributed by atoms with Gasteiger partial charge in [0.05, 0.1) is 11.8 Å². The largest absolute Gasteiger partial charge is 0.416 e. The van der Waals surface area contributed by atoms with Crippen LogP contribution in [0.25, 0.3) is 0 Å². The summed E-state index contributed by atoms with van der Waals surface area (Å²) in [5, 5.41) is 3.05. The van der Waals surface area contributed by atoms with E-state index in [0.29, 0.717) is 31.0 Å². The Labute approximate surface area is 188 Å². The average Bonchev–Trinajstić information content (AvgIpc) is 3.20. The van der Waals surface area contributed by atoms with E-state index >= 15 is 0 Å². The fraction of sp³-hybridized carbons (Fsp3) is 0.682. The molecule has 0 spiro atoms. The monoisotopic (exact) mass is 475 g/mol. The maximum Gasteiger partial charge on any atom is 0.416 e. The summed E-state index contributed by atoms with van der Waals surface area (Å²) in [7, 11) is -3.52. The summed E-state index contributed by atoms with van der Waals surface area (Å²) in [6, 6.07) is 4.53. The maximum absolute atomic E-state index is 13.0. The highest BCUT2D eigenvalue weighted by Crippen LogP contribution is 2.39. The van der Waals surface area contributed by atoms with Gasteiger partial charge in [-0.1, -0.05) is 32.0 Å². The third kappa shape index (κ3) is 6.68. The van der Waals surface area contributed by atoms with Crippen LogP contribution in [-0.2, 0) is 27.5 Å². The summed E-state index contributed by atoms with van der Waals surface area (Å²) in [5.41, 5.74) is -0.0242. The molecule has 2 aliphatic rings. The van der Waals surface area contributed by atoms with Gasteiger partial charge in [-0.05, 0) is 48.6 Å². The van der Waals surface area contributed by atoms with E-state index in [0.717, 1.165) is 31.7 Å². The second-order valence-corrected chi connectivity index (χ2v) is 11.4. The molecule has 4 atom stereocenters. The minimum atomic E-state index is -4.36. The number of halogens is 3. The number of alkyl halides is 3. The number of nitrogens with zero attached hydrogens (tertiary/aromatic N) is 1. The lowest BCUT2D eigenvalue weighted by Crippen LogP contribution is -2.51. The average molecular weight is 476 g/mol. The molecule has 0 bridgehead atoms. The van der Waals surface area contributed by atoms with Gasteiger partial charge < -0.3 is 5.32 Å². The smallest absolute Gasteiger partial charge is 0.352 e. The molecule has 10 heteroatoms.